The number of pyridine rings is 1. The van der Waals surface area contributed by atoms with Crippen LogP contribution < -0.4 is 4.90 Å². The zero-order valence-electron chi connectivity index (χ0n) is 13.3. The maximum atomic E-state index is 4.76. The standard InChI is InChI=1S/C17H21N5/c1-4-7-13-10-16(14-8-5-6-9-15(14)20-13)21(2)11-17-18-12-19-22(17)3/h5-6,8-10,12H,4,7,11H2,1-3H3. The van der Waals surface area contributed by atoms with Gasteiger partial charge in [-0.1, -0.05) is 31.5 Å². The van der Waals surface area contributed by atoms with Crippen LogP contribution in [0.3, 0.4) is 0 Å². The van der Waals surface area contributed by atoms with E-state index >= 15 is 0 Å². The van der Waals surface area contributed by atoms with Gasteiger partial charge in [-0.05, 0) is 18.6 Å². The van der Waals surface area contributed by atoms with Gasteiger partial charge in [0, 0.05) is 30.9 Å². The summed E-state index contributed by atoms with van der Waals surface area (Å²) >= 11 is 0. The number of para-hydroxylation sites is 1. The van der Waals surface area contributed by atoms with Crippen LogP contribution in [0, 0.1) is 0 Å². The molecule has 0 aliphatic carbocycles. The fourth-order valence-electron chi connectivity index (χ4n) is 2.67. The zero-order valence-corrected chi connectivity index (χ0v) is 13.3. The Balaban J connectivity index is 2.02. The smallest absolute Gasteiger partial charge is 0.146 e. The monoisotopic (exact) mass is 295 g/mol. The fourth-order valence-corrected chi connectivity index (χ4v) is 2.67. The number of aromatic nitrogens is 4. The molecule has 0 saturated heterocycles. The first-order valence-corrected chi connectivity index (χ1v) is 7.61. The molecule has 5 heteroatoms. The molecule has 2 aromatic heterocycles. The SMILES string of the molecule is CCCc1cc(N(C)Cc2ncnn2C)c2ccccc2n1. The number of hydrogen-bond acceptors (Lipinski definition) is 4. The minimum absolute atomic E-state index is 0.718. The average Bonchev–Trinajstić information content (AvgIpc) is 2.92. The highest BCUT2D eigenvalue weighted by atomic mass is 15.3. The quantitative estimate of drug-likeness (QED) is 0.726. The summed E-state index contributed by atoms with van der Waals surface area (Å²) < 4.78 is 1.81. The summed E-state index contributed by atoms with van der Waals surface area (Å²) in [4.78, 5) is 11.3. The van der Waals surface area contributed by atoms with Gasteiger partial charge in [-0.2, -0.15) is 5.10 Å². The van der Waals surface area contributed by atoms with Crippen LogP contribution in [0.2, 0.25) is 0 Å². The fraction of sp³-hybridized carbons (Fsp3) is 0.353. The molecule has 0 saturated carbocycles. The van der Waals surface area contributed by atoms with Crippen LogP contribution in [0.1, 0.15) is 24.9 Å². The average molecular weight is 295 g/mol. The van der Waals surface area contributed by atoms with Crippen molar-refractivity contribution >= 4 is 16.6 Å². The number of hydrogen-bond donors (Lipinski definition) is 0. The number of benzene rings is 1. The molecule has 0 atom stereocenters. The predicted octanol–water partition coefficient (Wildman–Crippen LogP) is 2.95. The van der Waals surface area contributed by atoms with Crippen LogP contribution in [-0.4, -0.2) is 26.8 Å². The van der Waals surface area contributed by atoms with Gasteiger partial charge in [-0.15, -0.1) is 0 Å². The lowest BCUT2D eigenvalue weighted by molar-refractivity contribution is 0.689. The molecule has 3 rings (SSSR count). The Labute approximate surface area is 130 Å². The molecule has 5 nitrogen and oxygen atoms in total. The predicted molar refractivity (Wildman–Crippen MR) is 88.8 cm³/mol. The van der Waals surface area contributed by atoms with E-state index in [1.54, 1.807) is 6.33 Å². The van der Waals surface area contributed by atoms with Crippen molar-refractivity contribution in [2.24, 2.45) is 7.05 Å². The minimum Gasteiger partial charge on any atom is -0.366 e. The van der Waals surface area contributed by atoms with Crippen molar-refractivity contribution in [1.29, 1.82) is 0 Å². The molecule has 3 aromatic rings. The first kappa shape index (κ1) is 14.5. The van der Waals surface area contributed by atoms with E-state index in [1.165, 1.54) is 11.1 Å². The minimum atomic E-state index is 0.718. The first-order chi connectivity index (χ1) is 10.7. The third-order valence-corrected chi connectivity index (χ3v) is 3.85. The van der Waals surface area contributed by atoms with Crippen LogP contribution in [0.5, 0.6) is 0 Å². The van der Waals surface area contributed by atoms with Crippen molar-refractivity contribution in [3.05, 3.63) is 48.2 Å². The Bertz CT molecular complexity index is 778. The second-order valence-electron chi connectivity index (χ2n) is 5.56. The van der Waals surface area contributed by atoms with Gasteiger partial charge in [-0.3, -0.25) is 9.67 Å². The number of aryl methyl sites for hydroxylation is 2. The lowest BCUT2D eigenvalue weighted by atomic mass is 10.1. The third kappa shape index (κ3) is 2.79. The van der Waals surface area contributed by atoms with Gasteiger partial charge in [0.25, 0.3) is 0 Å². The van der Waals surface area contributed by atoms with Crippen molar-refractivity contribution in [2.45, 2.75) is 26.3 Å². The van der Waals surface area contributed by atoms with Gasteiger partial charge in [0.1, 0.15) is 12.2 Å². The zero-order chi connectivity index (χ0) is 15.5. The van der Waals surface area contributed by atoms with Crippen molar-refractivity contribution in [3.63, 3.8) is 0 Å². The lowest BCUT2D eigenvalue weighted by Crippen LogP contribution is -2.20. The summed E-state index contributed by atoms with van der Waals surface area (Å²) in [7, 11) is 4.01. The summed E-state index contributed by atoms with van der Waals surface area (Å²) in [6.07, 6.45) is 3.68. The molecular weight excluding hydrogens is 274 g/mol. The van der Waals surface area contributed by atoms with E-state index < -0.39 is 0 Å². The Morgan fingerprint density at radius 2 is 2.05 bits per heavy atom. The van der Waals surface area contributed by atoms with E-state index in [4.69, 9.17) is 4.98 Å². The molecule has 114 valence electrons. The van der Waals surface area contributed by atoms with Gasteiger partial charge in [0.2, 0.25) is 0 Å². The van der Waals surface area contributed by atoms with Gasteiger partial charge in [0.15, 0.2) is 0 Å². The molecule has 0 spiro atoms. The number of anilines is 1. The number of nitrogens with zero attached hydrogens (tertiary/aromatic N) is 5. The molecule has 22 heavy (non-hydrogen) atoms. The Kier molecular flexibility index (Phi) is 4.04. The van der Waals surface area contributed by atoms with Gasteiger partial charge >= 0.3 is 0 Å². The topological polar surface area (TPSA) is 46.8 Å². The highest BCUT2D eigenvalue weighted by molar-refractivity contribution is 5.91. The van der Waals surface area contributed by atoms with E-state index in [1.807, 2.05) is 17.8 Å². The second-order valence-corrected chi connectivity index (χ2v) is 5.56. The molecule has 2 heterocycles. The molecule has 0 fully saturated rings. The van der Waals surface area contributed by atoms with Crippen LogP contribution in [-0.2, 0) is 20.0 Å². The van der Waals surface area contributed by atoms with E-state index in [9.17, 15) is 0 Å². The van der Waals surface area contributed by atoms with Crippen LogP contribution in [0.25, 0.3) is 10.9 Å². The van der Waals surface area contributed by atoms with E-state index in [0.717, 1.165) is 36.4 Å². The molecule has 1 aromatic carbocycles. The summed E-state index contributed by atoms with van der Waals surface area (Å²) in [6, 6.07) is 10.5. The summed E-state index contributed by atoms with van der Waals surface area (Å²) in [5, 5.41) is 5.31. The van der Waals surface area contributed by atoms with E-state index in [-0.39, 0.29) is 0 Å². The van der Waals surface area contributed by atoms with E-state index in [2.05, 4.69) is 53.2 Å². The molecule has 0 N–H and O–H groups in total. The van der Waals surface area contributed by atoms with Crippen LogP contribution >= 0.6 is 0 Å². The molecular formula is C17H21N5. The maximum Gasteiger partial charge on any atom is 0.146 e. The maximum absolute atomic E-state index is 4.76. The number of fused-ring (bicyclic) bond motifs is 1. The third-order valence-electron chi connectivity index (χ3n) is 3.85. The van der Waals surface area contributed by atoms with Crippen molar-refractivity contribution in [1.82, 2.24) is 19.7 Å². The Hall–Kier alpha value is -2.43. The molecule has 0 aliphatic heterocycles. The van der Waals surface area contributed by atoms with E-state index in [0.29, 0.717) is 0 Å². The van der Waals surface area contributed by atoms with Crippen molar-refractivity contribution in [3.8, 4) is 0 Å². The summed E-state index contributed by atoms with van der Waals surface area (Å²) in [5.74, 6) is 0.945. The summed E-state index contributed by atoms with van der Waals surface area (Å²) in [6.45, 7) is 2.90. The molecule has 0 aliphatic rings. The van der Waals surface area contributed by atoms with Gasteiger partial charge in [-0.25, -0.2) is 4.98 Å². The van der Waals surface area contributed by atoms with Crippen molar-refractivity contribution in [2.75, 3.05) is 11.9 Å². The summed E-state index contributed by atoms with van der Waals surface area (Å²) in [5.41, 5.74) is 3.38. The first-order valence-electron chi connectivity index (χ1n) is 7.61. The lowest BCUT2D eigenvalue weighted by Gasteiger charge is -2.21. The Morgan fingerprint density at radius 1 is 1.23 bits per heavy atom. The molecule has 0 radical (unpaired) electrons. The van der Waals surface area contributed by atoms with Gasteiger partial charge in [0.05, 0.1) is 12.1 Å². The molecule has 0 amide bonds. The Morgan fingerprint density at radius 3 is 2.77 bits per heavy atom. The normalized spacial score (nSPS) is 11.0. The van der Waals surface area contributed by atoms with Crippen LogP contribution in [0.15, 0.2) is 36.7 Å². The highest BCUT2D eigenvalue weighted by Crippen LogP contribution is 2.27. The number of rotatable bonds is 5. The van der Waals surface area contributed by atoms with Crippen molar-refractivity contribution < 1.29 is 0 Å². The largest absolute Gasteiger partial charge is 0.366 e. The van der Waals surface area contributed by atoms with Crippen LogP contribution in [0.4, 0.5) is 5.69 Å². The highest BCUT2D eigenvalue weighted by Gasteiger charge is 2.12. The molecule has 0 bridgehead atoms. The second kappa shape index (κ2) is 6.13. The molecule has 0 unspecified atom stereocenters. The van der Waals surface area contributed by atoms with Gasteiger partial charge < -0.3 is 4.90 Å².